The van der Waals surface area contributed by atoms with E-state index in [1.54, 1.807) is 20.8 Å². The van der Waals surface area contributed by atoms with Crippen molar-refractivity contribution < 1.29 is 122 Å². The predicted molar refractivity (Wildman–Crippen MR) is 363 cm³/mol. The van der Waals surface area contributed by atoms with E-state index in [2.05, 4.69) is 22.9 Å². The van der Waals surface area contributed by atoms with E-state index in [0.717, 1.165) is 109 Å². The fourth-order valence-corrected chi connectivity index (χ4v) is 12.2. The third-order valence-corrected chi connectivity index (χ3v) is 18.8. The summed E-state index contributed by atoms with van der Waals surface area (Å²) in [6, 6.07) is 0. The van der Waals surface area contributed by atoms with Crippen molar-refractivity contribution in [2.45, 2.75) is 301 Å². The summed E-state index contributed by atoms with van der Waals surface area (Å²) in [5.74, 6) is -1.99. The van der Waals surface area contributed by atoms with Crippen molar-refractivity contribution in [3.63, 3.8) is 0 Å². The Morgan fingerprint density at radius 1 is 0.364 bits per heavy atom. The average molecular weight is 1420 g/mol. The van der Waals surface area contributed by atoms with Crippen LogP contribution in [0.4, 0.5) is 4.79 Å². The zero-order valence-corrected chi connectivity index (χ0v) is 60.0. The predicted octanol–water partition coefficient (Wildman–Crippen LogP) is 4.99. The molecule has 578 valence electrons. The van der Waals surface area contributed by atoms with Crippen molar-refractivity contribution in [1.29, 1.82) is 0 Å². The van der Waals surface area contributed by atoms with Gasteiger partial charge < -0.3 is 109 Å². The van der Waals surface area contributed by atoms with E-state index in [9.17, 15) is 74.7 Å². The zero-order chi connectivity index (χ0) is 72.6. The van der Waals surface area contributed by atoms with Crippen molar-refractivity contribution >= 4 is 35.6 Å². The molecule has 16 unspecified atom stereocenters. The topological polar surface area (TPSA) is 413 Å². The molecule has 3 aliphatic heterocycles. The van der Waals surface area contributed by atoms with Crippen LogP contribution in [0, 0.1) is 23.2 Å². The molecule has 0 aromatic rings. The first-order chi connectivity index (χ1) is 47.6. The minimum absolute atomic E-state index is 0.0928. The van der Waals surface area contributed by atoms with Gasteiger partial charge in [0, 0.05) is 88.9 Å². The number of Topliss-reactive ketones (excluding diaryl/α,β-unsaturated/α-hetero) is 1. The number of carbonyl (C=O) groups excluding carboxylic acids is 6. The van der Waals surface area contributed by atoms with E-state index in [-0.39, 0.29) is 80.8 Å². The second-order valence-electron chi connectivity index (χ2n) is 27.5. The number of alkyl carbamates (subject to hydrolysis) is 1. The number of aliphatic hydroxyl groups is 9. The van der Waals surface area contributed by atoms with Crippen LogP contribution in [0.2, 0.25) is 0 Å². The molecular formula is C71H129N3O25. The summed E-state index contributed by atoms with van der Waals surface area (Å²) in [7, 11) is 0. The van der Waals surface area contributed by atoms with Gasteiger partial charge in [0.2, 0.25) is 11.8 Å². The van der Waals surface area contributed by atoms with E-state index in [0.29, 0.717) is 117 Å². The van der Waals surface area contributed by atoms with E-state index < -0.39 is 117 Å². The first-order valence-corrected chi connectivity index (χ1v) is 37.2. The smallest absolute Gasteiger partial charge is 0.407 e. The van der Waals surface area contributed by atoms with Gasteiger partial charge in [-0.05, 0) is 88.9 Å². The van der Waals surface area contributed by atoms with Crippen molar-refractivity contribution in [2.75, 3.05) is 92.3 Å². The molecule has 0 saturated carbocycles. The molecule has 0 aliphatic carbocycles. The van der Waals surface area contributed by atoms with E-state index in [4.69, 9.17) is 47.4 Å². The summed E-state index contributed by atoms with van der Waals surface area (Å²) in [4.78, 5) is 74.6. The molecule has 3 saturated heterocycles. The molecular weight excluding hydrogens is 1290 g/mol. The summed E-state index contributed by atoms with van der Waals surface area (Å²) in [6.07, 6.45) is 8.90. The van der Waals surface area contributed by atoms with Gasteiger partial charge >= 0.3 is 18.0 Å². The molecule has 16 atom stereocenters. The van der Waals surface area contributed by atoms with E-state index in [1.165, 1.54) is 0 Å². The molecule has 0 spiro atoms. The van der Waals surface area contributed by atoms with Gasteiger partial charge in [0.25, 0.3) is 0 Å². The second kappa shape index (κ2) is 53.9. The first kappa shape index (κ1) is 89.4. The summed E-state index contributed by atoms with van der Waals surface area (Å²) >= 11 is 0. The number of nitrogens with one attached hydrogen (secondary N) is 3. The lowest BCUT2D eigenvalue weighted by atomic mass is 9.81. The highest BCUT2D eigenvalue weighted by atomic mass is 16.7. The number of esters is 2. The van der Waals surface area contributed by atoms with Crippen LogP contribution >= 0.6 is 0 Å². The normalized spacial score (nSPS) is 26.1. The number of carbonyl (C=O) groups is 6. The quantitative estimate of drug-likeness (QED) is 0.0217. The van der Waals surface area contributed by atoms with E-state index in [1.807, 2.05) is 0 Å². The Balaban J connectivity index is 1.24. The van der Waals surface area contributed by atoms with Crippen LogP contribution in [0.5, 0.6) is 0 Å². The molecule has 3 rings (SSSR count). The first-order valence-electron chi connectivity index (χ1n) is 37.2. The Hall–Kier alpha value is -3.82. The van der Waals surface area contributed by atoms with Crippen LogP contribution in [-0.4, -0.2) is 248 Å². The highest BCUT2D eigenvalue weighted by Gasteiger charge is 2.45. The SMILES string of the molecule is CC1C(OCCCC(=O)CCCCCCCNC(=O)OCCCCCC(C)(CCCOC(=O)CCCCCCCNC(=O)CCCOC2OC(CO)C(O)C(O)C2C)COCCCOC(=O)CCCCCCCNC(=O)CCCOC2OC(CO)C(O)C(O)C2C)OC(CO)C(O)C1O. The van der Waals surface area contributed by atoms with Gasteiger partial charge in [-0.25, -0.2) is 4.79 Å². The lowest BCUT2D eigenvalue weighted by Crippen LogP contribution is -2.55. The average Bonchev–Trinajstić information content (AvgIpc) is 0.837. The molecule has 3 aliphatic rings. The molecule has 3 heterocycles. The van der Waals surface area contributed by atoms with Crippen molar-refractivity contribution in [2.24, 2.45) is 23.2 Å². The Kier molecular flexibility index (Phi) is 48.7. The minimum Gasteiger partial charge on any atom is -0.466 e. The van der Waals surface area contributed by atoms with Gasteiger partial charge in [-0.15, -0.1) is 0 Å². The lowest BCUT2D eigenvalue weighted by Gasteiger charge is -2.40. The molecule has 3 amide bonds. The molecule has 28 nitrogen and oxygen atoms in total. The molecule has 0 aromatic heterocycles. The maximum atomic E-state index is 12.7. The van der Waals surface area contributed by atoms with Crippen LogP contribution in [0.15, 0.2) is 0 Å². The molecule has 0 bridgehead atoms. The number of ether oxygens (including phenoxy) is 10. The number of aliphatic hydroxyl groups excluding tert-OH is 9. The van der Waals surface area contributed by atoms with Crippen LogP contribution in [0.25, 0.3) is 0 Å². The van der Waals surface area contributed by atoms with Gasteiger partial charge in [-0.3, -0.25) is 24.0 Å². The van der Waals surface area contributed by atoms with Gasteiger partial charge in [-0.1, -0.05) is 98.3 Å². The number of unbranched alkanes of at least 4 members (excludes halogenated alkanes) is 14. The van der Waals surface area contributed by atoms with Gasteiger partial charge in [0.1, 0.15) is 42.4 Å². The molecule has 0 radical (unpaired) electrons. The minimum atomic E-state index is -1.20. The molecule has 12 N–H and O–H groups in total. The van der Waals surface area contributed by atoms with Crippen LogP contribution in [0.3, 0.4) is 0 Å². The van der Waals surface area contributed by atoms with Gasteiger partial charge in [-0.2, -0.15) is 0 Å². The molecule has 3 fully saturated rings. The molecule has 0 aromatic carbocycles. The van der Waals surface area contributed by atoms with Crippen molar-refractivity contribution in [1.82, 2.24) is 16.0 Å². The third-order valence-electron chi connectivity index (χ3n) is 18.8. The van der Waals surface area contributed by atoms with E-state index >= 15 is 0 Å². The summed E-state index contributed by atoms with van der Waals surface area (Å²) in [6.45, 7) is 9.90. The Morgan fingerprint density at radius 3 is 1.16 bits per heavy atom. The number of hydrogen-bond acceptors (Lipinski definition) is 25. The Bertz CT molecular complexity index is 2050. The maximum absolute atomic E-state index is 12.7. The summed E-state index contributed by atoms with van der Waals surface area (Å²) < 4.78 is 56.5. The zero-order valence-electron chi connectivity index (χ0n) is 60.0. The maximum Gasteiger partial charge on any atom is 0.407 e. The monoisotopic (exact) mass is 1420 g/mol. The fourth-order valence-electron chi connectivity index (χ4n) is 12.2. The standard InChI is InChI=1S/C71H129N3O25/c1-50-61(83)64(86)54(46-75)97-67(50)93-41-23-29-53(78)28-15-8-5-13-21-38-74-70(89)96-40-22-14-18-34-71(4,35-26-44-91-59(81)32-16-9-6-11-19-36-72-57(79)30-24-42-94-68-51(2)62(84)65(87)55(47-76)98-68)49-90-39-27-45-92-60(82)33-17-10-7-12-20-37-73-58(80)31-25-43-95-69-52(3)63(85)66(88)56(48-77)99-69/h50-52,54-56,61-69,75-77,83-88H,5-49H2,1-4H3,(H,72,79)(H,73,80)(H,74,89). The highest BCUT2D eigenvalue weighted by Crippen LogP contribution is 2.32. The van der Waals surface area contributed by atoms with Crippen molar-refractivity contribution in [3.05, 3.63) is 0 Å². The number of hydrogen-bond donors (Lipinski definition) is 12. The van der Waals surface area contributed by atoms with Crippen LogP contribution in [0.1, 0.15) is 227 Å². The number of rotatable bonds is 58. The Morgan fingerprint density at radius 2 is 0.717 bits per heavy atom. The molecule has 99 heavy (non-hydrogen) atoms. The number of amides is 3. The van der Waals surface area contributed by atoms with Crippen LogP contribution < -0.4 is 16.0 Å². The van der Waals surface area contributed by atoms with Crippen molar-refractivity contribution in [3.8, 4) is 0 Å². The fraction of sp³-hybridized carbons (Fsp3) is 0.915. The highest BCUT2D eigenvalue weighted by molar-refractivity contribution is 5.78. The lowest BCUT2D eigenvalue weighted by molar-refractivity contribution is -0.282. The number of ketones is 1. The second-order valence-corrected chi connectivity index (χ2v) is 27.5. The summed E-state index contributed by atoms with van der Waals surface area (Å²) in [5.41, 5.74) is -0.224. The van der Waals surface area contributed by atoms with Crippen LogP contribution in [-0.2, 0) is 71.3 Å². The third kappa shape index (κ3) is 38.5. The van der Waals surface area contributed by atoms with Gasteiger partial charge in [0.15, 0.2) is 18.9 Å². The molecule has 28 heteroatoms. The Labute approximate surface area is 587 Å². The largest absolute Gasteiger partial charge is 0.466 e. The van der Waals surface area contributed by atoms with Gasteiger partial charge in [0.05, 0.1) is 84.4 Å². The summed E-state index contributed by atoms with van der Waals surface area (Å²) in [5, 5.41) is 97.5.